The molecule has 0 bridgehead atoms. The fraction of sp³-hybridized carbons (Fsp3) is 0.737. The predicted molar refractivity (Wildman–Crippen MR) is 105 cm³/mol. The number of carbonyl (C=O) groups is 1. The third-order valence-corrected chi connectivity index (χ3v) is 5.87. The van der Waals surface area contributed by atoms with Gasteiger partial charge in [-0.2, -0.15) is 44.4 Å². The lowest BCUT2D eigenvalue weighted by Gasteiger charge is -2.42. The van der Waals surface area contributed by atoms with Crippen molar-refractivity contribution in [3.63, 3.8) is 0 Å². The van der Waals surface area contributed by atoms with Gasteiger partial charge in [-0.25, -0.2) is 14.8 Å². The number of alkyl halides is 9. The Morgan fingerprint density at radius 3 is 2.24 bits per heavy atom. The van der Waals surface area contributed by atoms with Crippen molar-refractivity contribution in [1.82, 2.24) is 20.2 Å². The molecule has 0 aromatic carbocycles. The standard InChI is InChI=1S/C19H22F9N5O4/c1-11-10-35-5-4-32(11)9-13-8-29-2-3-33(13)15-30-6-12(7-31-15)16(18(23,24)25,19(26,27)28)37-36-14(34)17(20,21)22/h6-7,11,13,29H,2-5,8-10H2,1H3/t11-,13+/m0/s1. The number of anilines is 1. The normalized spacial score (nSPS) is 22.7. The highest BCUT2D eigenvalue weighted by Gasteiger charge is 2.76. The maximum absolute atomic E-state index is 13.7. The summed E-state index contributed by atoms with van der Waals surface area (Å²) in [6, 6.07) is -0.240. The van der Waals surface area contributed by atoms with Gasteiger partial charge in [0.05, 0.1) is 19.3 Å². The third-order valence-electron chi connectivity index (χ3n) is 5.87. The molecule has 2 aliphatic heterocycles. The Morgan fingerprint density at radius 1 is 1.08 bits per heavy atom. The fourth-order valence-electron chi connectivity index (χ4n) is 3.92. The van der Waals surface area contributed by atoms with Crippen molar-refractivity contribution in [3.05, 3.63) is 18.0 Å². The second-order valence-corrected chi connectivity index (χ2v) is 8.37. The summed E-state index contributed by atoms with van der Waals surface area (Å²) in [5.74, 6) is -3.62. The quantitative estimate of drug-likeness (QED) is 0.323. The van der Waals surface area contributed by atoms with Crippen LogP contribution in [0.15, 0.2) is 12.4 Å². The molecule has 0 unspecified atom stereocenters. The molecule has 0 spiro atoms. The molecule has 0 aliphatic carbocycles. The zero-order valence-corrected chi connectivity index (χ0v) is 19.1. The van der Waals surface area contributed by atoms with E-state index in [1.807, 2.05) is 6.92 Å². The van der Waals surface area contributed by atoms with E-state index in [2.05, 4.69) is 30.0 Å². The highest BCUT2D eigenvalue weighted by Crippen LogP contribution is 2.53. The van der Waals surface area contributed by atoms with Gasteiger partial charge < -0.3 is 15.0 Å². The Labute approximate surface area is 203 Å². The van der Waals surface area contributed by atoms with E-state index in [9.17, 15) is 44.3 Å². The number of hydrogen-bond donors (Lipinski definition) is 1. The first kappa shape index (κ1) is 29.1. The van der Waals surface area contributed by atoms with E-state index in [1.54, 1.807) is 4.90 Å². The van der Waals surface area contributed by atoms with E-state index in [0.29, 0.717) is 39.4 Å². The van der Waals surface area contributed by atoms with Crippen molar-refractivity contribution in [3.8, 4) is 0 Å². The molecule has 9 nitrogen and oxygen atoms in total. The highest BCUT2D eigenvalue weighted by molar-refractivity contribution is 5.75. The molecular formula is C19H22F9N5O4. The Balaban J connectivity index is 1.91. The van der Waals surface area contributed by atoms with Gasteiger partial charge in [0.15, 0.2) is 0 Å². The van der Waals surface area contributed by atoms with Crippen LogP contribution in [0, 0.1) is 0 Å². The van der Waals surface area contributed by atoms with Crippen LogP contribution in [-0.2, 0) is 24.9 Å². The van der Waals surface area contributed by atoms with Crippen LogP contribution in [-0.4, -0.2) is 97.4 Å². The van der Waals surface area contributed by atoms with Crippen LogP contribution < -0.4 is 10.2 Å². The molecule has 18 heteroatoms. The number of ether oxygens (including phenoxy) is 1. The number of rotatable bonds is 6. The maximum Gasteiger partial charge on any atom is 0.494 e. The molecule has 0 radical (unpaired) electrons. The van der Waals surface area contributed by atoms with Crippen molar-refractivity contribution in [2.75, 3.05) is 50.8 Å². The van der Waals surface area contributed by atoms with Crippen LogP contribution in [0.4, 0.5) is 45.5 Å². The minimum absolute atomic E-state index is 0.0663. The summed E-state index contributed by atoms with van der Waals surface area (Å²) in [5.41, 5.74) is -7.31. The molecule has 0 amide bonds. The minimum Gasteiger partial charge on any atom is -0.379 e. The van der Waals surface area contributed by atoms with Gasteiger partial charge in [-0.1, -0.05) is 0 Å². The first-order chi connectivity index (χ1) is 17.1. The average molecular weight is 555 g/mol. The molecular weight excluding hydrogens is 533 g/mol. The van der Waals surface area contributed by atoms with Gasteiger partial charge >= 0.3 is 30.1 Å². The number of carbonyl (C=O) groups excluding carboxylic acids is 1. The van der Waals surface area contributed by atoms with Gasteiger partial charge in [0, 0.05) is 56.7 Å². The topological polar surface area (TPSA) is 89.0 Å². The molecule has 0 saturated carbocycles. The van der Waals surface area contributed by atoms with Gasteiger partial charge in [0.1, 0.15) is 0 Å². The molecule has 1 N–H and O–H groups in total. The van der Waals surface area contributed by atoms with Crippen molar-refractivity contribution >= 4 is 11.9 Å². The molecule has 2 saturated heterocycles. The largest absolute Gasteiger partial charge is 0.494 e. The molecule has 2 atom stereocenters. The molecule has 3 heterocycles. The number of aromatic nitrogens is 2. The minimum atomic E-state index is -6.42. The van der Waals surface area contributed by atoms with Crippen LogP contribution in [0.5, 0.6) is 0 Å². The first-order valence-electron chi connectivity index (χ1n) is 10.8. The molecule has 1 aromatic heterocycles. The van der Waals surface area contributed by atoms with Crippen molar-refractivity contribution < 1.29 is 58.8 Å². The van der Waals surface area contributed by atoms with E-state index in [0.717, 1.165) is 0 Å². The molecule has 37 heavy (non-hydrogen) atoms. The molecule has 2 aliphatic rings. The van der Waals surface area contributed by atoms with Crippen molar-refractivity contribution in [2.45, 2.75) is 43.1 Å². The van der Waals surface area contributed by atoms with E-state index < -0.39 is 35.7 Å². The maximum atomic E-state index is 13.7. The van der Waals surface area contributed by atoms with Crippen LogP contribution in [0.3, 0.4) is 0 Å². The lowest BCUT2D eigenvalue weighted by Crippen LogP contribution is -2.59. The Kier molecular flexibility index (Phi) is 8.45. The molecule has 2 fully saturated rings. The van der Waals surface area contributed by atoms with E-state index in [-0.39, 0.29) is 37.0 Å². The molecule has 1 aromatic rings. The van der Waals surface area contributed by atoms with Crippen molar-refractivity contribution in [2.24, 2.45) is 0 Å². The number of nitrogens with zero attached hydrogens (tertiary/aromatic N) is 4. The van der Waals surface area contributed by atoms with Gasteiger partial charge in [0.2, 0.25) is 5.95 Å². The van der Waals surface area contributed by atoms with Crippen LogP contribution in [0.25, 0.3) is 0 Å². The Morgan fingerprint density at radius 2 is 1.70 bits per heavy atom. The fourth-order valence-corrected chi connectivity index (χ4v) is 3.92. The summed E-state index contributed by atoms with van der Waals surface area (Å²) in [4.78, 5) is 27.9. The van der Waals surface area contributed by atoms with Crippen molar-refractivity contribution in [1.29, 1.82) is 0 Å². The number of hydrogen-bond acceptors (Lipinski definition) is 9. The summed E-state index contributed by atoms with van der Waals surface area (Å²) < 4.78 is 125. The van der Waals surface area contributed by atoms with Gasteiger partial charge in [-0.05, 0) is 6.92 Å². The van der Waals surface area contributed by atoms with E-state index >= 15 is 0 Å². The Bertz CT molecular complexity index is 912. The Hall–Kier alpha value is -2.44. The molecule has 3 rings (SSSR count). The summed E-state index contributed by atoms with van der Waals surface area (Å²) in [6.45, 7) is 5.10. The highest BCUT2D eigenvalue weighted by atomic mass is 19.4. The number of morpholine rings is 1. The van der Waals surface area contributed by atoms with Crippen LogP contribution in [0.2, 0.25) is 0 Å². The number of piperazine rings is 1. The predicted octanol–water partition coefficient (Wildman–Crippen LogP) is 2.33. The van der Waals surface area contributed by atoms with Gasteiger partial charge in [-0.15, -0.1) is 0 Å². The number of halogens is 9. The lowest BCUT2D eigenvalue weighted by atomic mass is 9.95. The van der Waals surface area contributed by atoms with E-state index in [4.69, 9.17) is 4.74 Å². The first-order valence-corrected chi connectivity index (χ1v) is 10.8. The summed E-state index contributed by atoms with van der Waals surface area (Å²) in [6.07, 6.45) is -18.5. The third kappa shape index (κ3) is 6.18. The second kappa shape index (κ2) is 10.7. The smallest absolute Gasteiger partial charge is 0.379 e. The average Bonchev–Trinajstić information content (AvgIpc) is 2.79. The van der Waals surface area contributed by atoms with Gasteiger partial charge in [0.25, 0.3) is 0 Å². The summed E-state index contributed by atoms with van der Waals surface area (Å²) in [7, 11) is 0. The van der Waals surface area contributed by atoms with Gasteiger partial charge in [-0.3, -0.25) is 9.79 Å². The zero-order chi connectivity index (χ0) is 27.6. The number of nitrogens with one attached hydrogen (secondary N) is 1. The zero-order valence-electron chi connectivity index (χ0n) is 19.1. The van der Waals surface area contributed by atoms with Crippen LogP contribution in [0.1, 0.15) is 12.5 Å². The molecule has 210 valence electrons. The van der Waals surface area contributed by atoms with E-state index in [1.165, 1.54) is 0 Å². The monoisotopic (exact) mass is 555 g/mol. The second-order valence-electron chi connectivity index (χ2n) is 8.37. The summed E-state index contributed by atoms with van der Waals surface area (Å²) in [5, 5.41) is 3.14. The lowest BCUT2D eigenvalue weighted by molar-refractivity contribution is -0.478. The summed E-state index contributed by atoms with van der Waals surface area (Å²) >= 11 is 0. The van der Waals surface area contributed by atoms with Crippen LogP contribution >= 0.6 is 0 Å². The SMILES string of the molecule is C[C@H]1COCCN1C[C@H]1CNCCN1c1ncc(C(OOC(=O)C(F)(F)F)(C(F)(F)F)C(F)(F)F)cn1.